The summed E-state index contributed by atoms with van der Waals surface area (Å²) in [5.74, 6) is -0.427. The van der Waals surface area contributed by atoms with E-state index in [1.54, 1.807) is 20.8 Å². The lowest BCUT2D eigenvalue weighted by atomic mass is 10.2. The van der Waals surface area contributed by atoms with Gasteiger partial charge in [-0.3, -0.25) is 9.69 Å². The predicted octanol–water partition coefficient (Wildman–Crippen LogP) is 6.72. The summed E-state index contributed by atoms with van der Waals surface area (Å²) >= 11 is 3.31. The zero-order valence-electron chi connectivity index (χ0n) is 30.1. The van der Waals surface area contributed by atoms with Gasteiger partial charge in [-0.1, -0.05) is 107 Å². The lowest BCUT2D eigenvalue weighted by Gasteiger charge is -2.27. The minimum atomic E-state index is -0.883. The molecule has 0 heterocycles. The van der Waals surface area contributed by atoms with Crippen molar-refractivity contribution in [2.45, 2.75) is 57.1 Å². The number of nitrogens with zero attached hydrogens (tertiary/aromatic N) is 1. The number of esters is 1. The van der Waals surface area contributed by atoms with E-state index in [0.29, 0.717) is 19.8 Å². The summed E-state index contributed by atoms with van der Waals surface area (Å²) in [6.07, 6.45) is -2.95. The van der Waals surface area contributed by atoms with Gasteiger partial charge in [0, 0.05) is 19.6 Å². The van der Waals surface area contributed by atoms with Gasteiger partial charge in [-0.05, 0) is 37.5 Å². The van der Waals surface area contributed by atoms with Crippen molar-refractivity contribution in [1.29, 1.82) is 0 Å². The molecule has 0 aliphatic carbocycles. The molecule has 3 aromatic carbocycles. The van der Waals surface area contributed by atoms with E-state index in [0.717, 1.165) is 16.7 Å². The number of benzene rings is 3. The van der Waals surface area contributed by atoms with E-state index in [2.05, 4.69) is 15.9 Å². The van der Waals surface area contributed by atoms with Crippen LogP contribution in [0.1, 0.15) is 37.5 Å². The molecular weight excluding hydrogens is 738 g/mol. The molecule has 0 fully saturated rings. The van der Waals surface area contributed by atoms with Gasteiger partial charge < -0.3 is 37.9 Å². The Labute approximate surface area is 314 Å². The maximum absolute atomic E-state index is 12.8. The topological polar surface area (TPSA) is 128 Å². The van der Waals surface area contributed by atoms with Gasteiger partial charge in [0.2, 0.25) is 0 Å². The van der Waals surface area contributed by atoms with Crippen molar-refractivity contribution in [2.24, 2.45) is 0 Å². The molecular formula is C39H50BrNO11. The van der Waals surface area contributed by atoms with Crippen LogP contribution in [0.3, 0.4) is 0 Å². The largest absolute Gasteiger partial charge is 0.508 e. The maximum atomic E-state index is 12.8. The molecule has 3 aromatic rings. The fourth-order valence-corrected chi connectivity index (χ4v) is 4.67. The second kappa shape index (κ2) is 24.3. The molecule has 1 atom stereocenters. The van der Waals surface area contributed by atoms with Crippen molar-refractivity contribution >= 4 is 34.2 Å². The van der Waals surface area contributed by atoms with Gasteiger partial charge in [-0.25, -0.2) is 9.59 Å². The first-order chi connectivity index (χ1) is 25.1. The lowest BCUT2D eigenvalue weighted by molar-refractivity contribution is -0.150. The highest BCUT2D eigenvalue weighted by Crippen LogP contribution is 2.18. The van der Waals surface area contributed by atoms with Crippen LogP contribution in [0.5, 0.6) is 0 Å². The number of carbonyl (C=O) groups is 3. The summed E-state index contributed by atoms with van der Waals surface area (Å²) in [7, 11) is 0. The van der Waals surface area contributed by atoms with Crippen LogP contribution in [0.2, 0.25) is 0 Å². The Hall–Kier alpha value is -4.01. The fourth-order valence-electron chi connectivity index (χ4n) is 4.58. The molecule has 0 amide bonds. The first-order valence-electron chi connectivity index (χ1n) is 17.2. The van der Waals surface area contributed by atoms with Gasteiger partial charge in [0.1, 0.15) is 30.2 Å². The minimum absolute atomic E-state index is 0.0155. The van der Waals surface area contributed by atoms with Gasteiger partial charge in [0.05, 0.1) is 39.6 Å². The lowest BCUT2D eigenvalue weighted by Crippen LogP contribution is -2.40. The Balaban J connectivity index is 1.45. The van der Waals surface area contributed by atoms with Crippen LogP contribution in [0.4, 0.5) is 9.59 Å². The second-order valence-electron chi connectivity index (χ2n) is 12.3. The number of carbonyl (C=O) groups excluding carboxylic acids is 3. The number of halogens is 1. The van der Waals surface area contributed by atoms with Gasteiger partial charge in [-0.15, -0.1) is 0 Å². The van der Waals surface area contributed by atoms with Crippen LogP contribution >= 0.6 is 15.9 Å². The molecule has 0 bridgehead atoms. The summed E-state index contributed by atoms with van der Waals surface area (Å²) in [5, 5.41) is 0. The molecule has 0 radical (unpaired) electrons. The van der Waals surface area contributed by atoms with Crippen molar-refractivity contribution in [1.82, 2.24) is 4.90 Å². The highest BCUT2D eigenvalue weighted by molar-refractivity contribution is 9.10. The standard InChI is InChI=1S/C39H50BrNO11/c1-31(51-36(42)39(2,3)40)25-41(19-21-48-37(43)50-24-23-45-26-32-13-7-4-8-14-32)20-22-49-38(44)52-35(29-46-27-33-15-9-5-10-16-33)30-47-28-34-17-11-6-12-18-34/h4-18,31,35H,19-30H2,1-3H3. The number of hydrogen-bond acceptors (Lipinski definition) is 12. The number of alkyl halides is 1. The predicted molar refractivity (Wildman–Crippen MR) is 197 cm³/mol. The van der Waals surface area contributed by atoms with E-state index in [-0.39, 0.29) is 59.3 Å². The van der Waals surface area contributed by atoms with Crippen molar-refractivity contribution in [3.8, 4) is 0 Å². The van der Waals surface area contributed by atoms with Crippen LogP contribution in [0.15, 0.2) is 91.0 Å². The van der Waals surface area contributed by atoms with E-state index in [1.165, 1.54) is 0 Å². The molecule has 0 aromatic heterocycles. The second-order valence-corrected chi connectivity index (χ2v) is 14.3. The van der Waals surface area contributed by atoms with Crippen molar-refractivity contribution in [3.63, 3.8) is 0 Å². The molecule has 3 rings (SSSR count). The number of ether oxygens (including phenoxy) is 8. The molecule has 284 valence electrons. The number of rotatable bonds is 24. The van der Waals surface area contributed by atoms with Crippen LogP contribution in [-0.4, -0.2) is 99.0 Å². The monoisotopic (exact) mass is 787 g/mol. The van der Waals surface area contributed by atoms with Gasteiger partial charge >= 0.3 is 18.3 Å². The molecule has 0 N–H and O–H groups in total. The van der Waals surface area contributed by atoms with Crippen molar-refractivity contribution in [3.05, 3.63) is 108 Å². The van der Waals surface area contributed by atoms with Crippen LogP contribution < -0.4 is 0 Å². The first kappa shape index (κ1) is 42.4. The molecule has 1 unspecified atom stereocenters. The van der Waals surface area contributed by atoms with Gasteiger partial charge in [0.15, 0.2) is 6.10 Å². The number of hydrogen-bond donors (Lipinski definition) is 0. The molecule has 52 heavy (non-hydrogen) atoms. The summed E-state index contributed by atoms with van der Waals surface area (Å²) in [6, 6.07) is 29.0. The summed E-state index contributed by atoms with van der Waals surface area (Å²) < 4.78 is 43.2. The fraction of sp³-hybridized carbons (Fsp3) is 0.462. The Morgan fingerprint density at radius 3 is 1.54 bits per heavy atom. The Bertz CT molecular complexity index is 1380. The average Bonchev–Trinajstić information content (AvgIpc) is 3.12. The zero-order chi connectivity index (χ0) is 37.4. The molecule has 0 saturated heterocycles. The van der Waals surface area contributed by atoms with E-state index >= 15 is 0 Å². The third kappa shape index (κ3) is 19.0. The van der Waals surface area contributed by atoms with Gasteiger partial charge in [-0.2, -0.15) is 0 Å². The third-order valence-corrected chi connectivity index (χ3v) is 7.54. The van der Waals surface area contributed by atoms with Crippen LogP contribution in [0, 0.1) is 0 Å². The minimum Gasteiger partial charge on any atom is -0.460 e. The van der Waals surface area contributed by atoms with Gasteiger partial charge in [0.25, 0.3) is 0 Å². The third-order valence-electron chi connectivity index (χ3n) is 7.22. The maximum Gasteiger partial charge on any atom is 0.508 e. The Morgan fingerprint density at radius 2 is 1.06 bits per heavy atom. The first-order valence-corrected chi connectivity index (χ1v) is 18.0. The molecule has 12 nitrogen and oxygen atoms in total. The quantitative estimate of drug-likeness (QED) is 0.0414. The Morgan fingerprint density at radius 1 is 0.615 bits per heavy atom. The molecule has 0 aliphatic rings. The SMILES string of the molecule is CC(CN(CCOC(=O)OCCOCc1ccccc1)CCOC(=O)OC(COCc1ccccc1)COCc1ccccc1)OC(=O)C(C)(C)Br. The average molecular weight is 789 g/mol. The normalized spacial score (nSPS) is 12.0. The van der Waals surface area contributed by atoms with Crippen LogP contribution in [-0.2, 0) is 62.5 Å². The summed E-state index contributed by atoms with van der Waals surface area (Å²) in [5.41, 5.74) is 2.99. The Kier molecular flexibility index (Phi) is 19.8. The van der Waals surface area contributed by atoms with E-state index in [1.807, 2.05) is 95.9 Å². The van der Waals surface area contributed by atoms with Crippen LogP contribution in [0.25, 0.3) is 0 Å². The highest BCUT2D eigenvalue weighted by Gasteiger charge is 2.28. The molecule has 0 aliphatic heterocycles. The molecule has 0 spiro atoms. The highest BCUT2D eigenvalue weighted by atomic mass is 79.9. The molecule has 0 saturated carbocycles. The van der Waals surface area contributed by atoms with E-state index in [4.69, 9.17) is 37.9 Å². The molecule has 13 heteroatoms. The zero-order valence-corrected chi connectivity index (χ0v) is 31.7. The van der Waals surface area contributed by atoms with E-state index < -0.39 is 34.8 Å². The summed E-state index contributed by atoms with van der Waals surface area (Å²) in [6.45, 7) is 7.39. The van der Waals surface area contributed by atoms with E-state index in [9.17, 15) is 14.4 Å². The smallest absolute Gasteiger partial charge is 0.460 e. The van der Waals surface area contributed by atoms with Crippen molar-refractivity contribution in [2.75, 3.05) is 59.3 Å². The summed E-state index contributed by atoms with van der Waals surface area (Å²) in [4.78, 5) is 39.2. The van der Waals surface area contributed by atoms with Crippen molar-refractivity contribution < 1.29 is 52.3 Å².